The van der Waals surface area contributed by atoms with Crippen molar-refractivity contribution in [3.8, 4) is 0 Å². The van der Waals surface area contributed by atoms with Crippen LogP contribution in [0.15, 0.2) is 24.3 Å². The van der Waals surface area contributed by atoms with E-state index in [0.717, 1.165) is 13.1 Å². The van der Waals surface area contributed by atoms with Gasteiger partial charge >= 0.3 is 6.18 Å². The Hall–Kier alpha value is -2.21. The van der Waals surface area contributed by atoms with E-state index in [2.05, 4.69) is 10.2 Å². The van der Waals surface area contributed by atoms with Crippen molar-refractivity contribution in [1.29, 1.82) is 0 Å². The van der Waals surface area contributed by atoms with Crippen LogP contribution in [0.3, 0.4) is 0 Å². The molecule has 0 spiro atoms. The number of nitrogens with zero attached hydrogens (tertiary/aromatic N) is 3. The first-order valence-corrected chi connectivity index (χ1v) is 10.2. The summed E-state index contributed by atoms with van der Waals surface area (Å²) in [6, 6.07) is 3.70. The van der Waals surface area contributed by atoms with Gasteiger partial charge < -0.3 is 15.2 Å². The first-order chi connectivity index (χ1) is 14.8. The van der Waals surface area contributed by atoms with Crippen molar-refractivity contribution in [2.75, 3.05) is 69.3 Å². The molecule has 1 saturated heterocycles. The Morgan fingerprint density at radius 2 is 1.94 bits per heavy atom. The van der Waals surface area contributed by atoms with E-state index < -0.39 is 30.5 Å². The number of carbonyl (C=O) groups is 2. The number of para-hydroxylation sites is 2. The van der Waals surface area contributed by atoms with Crippen LogP contribution in [0.4, 0.5) is 24.5 Å². The summed E-state index contributed by atoms with van der Waals surface area (Å²) in [6.45, 7) is 3.34. The van der Waals surface area contributed by atoms with Crippen molar-refractivity contribution < 1.29 is 32.6 Å². The fourth-order valence-electron chi connectivity index (χ4n) is 3.78. The Morgan fingerprint density at radius 1 is 1.23 bits per heavy atom. The fourth-order valence-corrected chi connectivity index (χ4v) is 3.78. The number of carbonyl (C=O) groups excluding carboxylic acids is 2. The lowest BCUT2D eigenvalue weighted by Gasteiger charge is -2.34. The van der Waals surface area contributed by atoms with Gasteiger partial charge in [0.2, 0.25) is 11.8 Å². The zero-order valence-corrected chi connectivity index (χ0v) is 17.1. The average molecular weight is 444 g/mol. The first-order valence-electron chi connectivity index (χ1n) is 10.2. The monoisotopic (exact) mass is 444 g/mol. The number of alkyl halides is 3. The maximum absolute atomic E-state index is 13.8. The van der Waals surface area contributed by atoms with E-state index in [1.807, 2.05) is 0 Å². The van der Waals surface area contributed by atoms with Crippen molar-refractivity contribution in [3.05, 3.63) is 24.3 Å². The lowest BCUT2D eigenvalue weighted by atomic mass is 10.1. The van der Waals surface area contributed by atoms with Crippen molar-refractivity contribution in [2.45, 2.75) is 18.6 Å². The number of anilines is 2. The summed E-state index contributed by atoms with van der Waals surface area (Å²) in [4.78, 5) is 29.7. The predicted octanol–water partition coefficient (Wildman–Crippen LogP) is 0.919. The Labute approximate surface area is 178 Å². The third-order valence-corrected chi connectivity index (χ3v) is 5.39. The molecule has 2 aliphatic rings. The molecule has 0 radical (unpaired) electrons. The third kappa shape index (κ3) is 6.16. The van der Waals surface area contributed by atoms with Gasteiger partial charge in [0.15, 0.2) is 0 Å². The Balaban J connectivity index is 1.80. The number of aliphatic hydroxyl groups excluding tert-OH is 1. The maximum atomic E-state index is 13.8. The molecule has 2 N–H and O–H groups in total. The number of morpholine rings is 1. The highest BCUT2D eigenvalue weighted by atomic mass is 19.4. The van der Waals surface area contributed by atoms with Gasteiger partial charge in [-0.15, -0.1) is 0 Å². The molecule has 0 bridgehead atoms. The summed E-state index contributed by atoms with van der Waals surface area (Å²) in [7, 11) is 0. The number of ether oxygens (including phenoxy) is 1. The molecule has 172 valence electrons. The molecule has 2 amide bonds. The van der Waals surface area contributed by atoms with E-state index in [9.17, 15) is 27.9 Å². The van der Waals surface area contributed by atoms with Gasteiger partial charge in [-0.2, -0.15) is 13.2 Å². The third-order valence-electron chi connectivity index (χ3n) is 5.39. The summed E-state index contributed by atoms with van der Waals surface area (Å²) in [5.41, 5.74) is 0.174. The van der Waals surface area contributed by atoms with Crippen molar-refractivity contribution >= 4 is 23.2 Å². The van der Waals surface area contributed by atoms with Crippen LogP contribution in [0.25, 0.3) is 0 Å². The van der Waals surface area contributed by atoms with Gasteiger partial charge in [0.25, 0.3) is 0 Å². The number of fused-ring (bicyclic) bond motifs is 1. The van der Waals surface area contributed by atoms with Crippen LogP contribution in [-0.2, 0) is 14.3 Å². The predicted molar refractivity (Wildman–Crippen MR) is 108 cm³/mol. The summed E-state index contributed by atoms with van der Waals surface area (Å²) >= 11 is 0. The van der Waals surface area contributed by atoms with E-state index in [1.54, 1.807) is 11.0 Å². The maximum Gasteiger partial charge on any atom is 0.409 e. The second-order valence-corrected chi connectivity index (χ2v) is 7.54. The molecular formula is C20H27F3N4O4. The molecule has 31 heavy (non-hydrogen) atoms. The fraction of sp³-hybridized carbons (Fsp3) is 0.600. The average Bonchev–Trinajstić information content (AvgIpc) is 2.88. The SMILES string of the molecule is O=C1C[C@H](C(F)(F)F)N(C(=O)CN(CCO)CCN2CCOCC2)c2ccccc2N1. The van der Waals surface area contributed by atoms with Crippen molar-refractivity contribution in [2.24, 2.45) is 0 Å². The highest BCUT2D eigenvalue weighted by Gasteiger charge is 2.49. The number of halogens is 3. The van der Waals surface area contributed by atoms with Crippen LogP contribution in [0, 0.1) is 0 Å². The van der Waals surface area contributed by atoms with Crippen LogP contribution in [0.2, 0.25) is 0 Å². The van der Waals surface area contributed by atoms with Gasteiger partial charge in [-0.1, -0.05) is 12.1 Å². The normalized spacial score (nSPS) is 20.4. The molecule has 1 aromatic carbocycles. The summed E-state index contributed by atoms with van der Waals surface area (Å²) in [5, 5.41) is 11.8. The van der Waals surface area contributed by atoms with E-state index in [4.69, 9.17) is 4.74 Å². The summed E-state index contributed by atoms with van der Waals surface area (Å²) < 4.78 is 46.8. The smallest absolute Gasteiger partial charge is 0.395 e. The minimum atomic E-state index is -4.78. The van der Waals surface area contributed by atoms with Crippen molar-refractivity contribution in [3.63, 3.8) is 0 Å². The quantitative estimate of drug-likeness (QED) is 0.651. The second kappa shape index (κ2) is 10.4. The molecule has 3 rings (SSSR count). The molecule has 1 aromatic rings. The van der Waals surface area contributed by atoms with E-state index in [1.165, 1.54) is 18.2 Å². The summed E-state index contributed by atoms with van der Waals surface area (Å²) in [5.74, 6) is -1.58. The van der Waals surface area contributed by atoms with Crippen LogP contribution in [0.5, 0.6) is 0 Å². The zero-order valence-electron chi connectivity index (χ0n) is 17.1. The van der Waals surface area contributed by atoms with E-state index >= 15 is 0 Å². The van der Waals surface area contributed by atoms with Crippen molar-refractivity contribution in [1.82, 2.24) is 9.80 Å². The van der Waals surface area contributed by atoms with Crippen LogP contribution in [0.1, 0.15) is 6.42 Å². The van der Waals surface area contributed by atoms with Crippen LogP contribution >= 0.6 is 0 Å². The van der Waals surface area contributed by atoms with Gasteiger partial charge in [-0.25, -0.2) is 0 Å². The Morgan fingerprint density at radius 3 is 2.61 bits per heavy atom. The molecule has 2 heterocycles. The van der Waals surface area contributed by atoms with Gasteiger partial charge in [0.1, 0.15) is 6.04 Å². The minimum absolute atomic E-state index is 0.0119. The number of aliphatic hydroxyl groups is 1. The molecule has 1 atom stereocenters. The lowest BCUT2D eigenvalue weighted by molar-refractivity contribution is -0.158. The Bertz CT molecular complexity index is 771. The number of benzene rings is 1. The molecule has 0 saturated carbocycles. The highest BCUT2D eigenvalue weighted by molar-refractivity contribution is 6.05. The molecule has 0 unspecified atom stereocenters. The molecule has 2 aliphatic heterocycles. The highest BCUT2D eigenvalue weighted by Crippen LogP contribution is 2.37. The van der Waals surface area contributed by atoms with Crippen LogP contribution < -0.4 is 10.2 Å². The number of rotatable bonds is 7. The standard InChI is InChI=1S/C20H27F3N4O4/c21-20(22,23)17-13-18(29)24-15-3-1-2-4-16(15)27(17)19(30)14-26(7-10-28)6-5-25-8-11-31-12-9-25/h1-4,17,28H,5-14H2,(H,24,29)/t17-/m1/s1. The number of hydrogen-bond donors (Lipinski definition) is 2. The second-order valence-electron chi connectivity index (χ2n) is 7.54. The Kier molecular flexibility index (Phi) is 7.87. The van der Waals surface area contributed by atoms with E-state index in [-0.39, 0.29) is 31.1 Å². The van der Waals surface area contributed by atoms with Crippen LogP contribution in [-0.4, -0.2) is 98.0 Å². The van der Waals surface area contributed by atoms with Gasteiger partial charge in [0, 0.05) is 32.7 Å². The number of amides is 2. The van der Waals surface area contributed by atoms with Gasteiger partial charge in [0.05, 0.1) is 44.2 Å². The molecular weight excluding hydrogens is 417 g/mol. The molecule has 0 aromatic heterocycles. The van der Waals surface area contributed by atoms with Gasteiger partial charge in [-0.3, -0.25) is 24.3 Å². The number of hydrogen-bond acceptors (Lipinski definition) is 6. The largest absolute Gasteiger partial charge is 0.409 e. The summed E-state index contributed by atoms with van der Waals surface area (Å²) in [6.07, 6.45) is -5.66. The molecule has 8 nitrogen and oxygen atoms in total. The van der Waals surface area contributed by atoms with E-state index in [0.29, 0.717) is 31.2 Å². The molecule has 0 aliphatic carbocycles. The minimum Gasteiger partial charge on any atom is -0.395 e. The lowest BCUT2D eigenvalue weighted by Crippen LogP contribution is -2.53. The topological polar surface area (TPSA) is 85.4 Å². The zero-order chi connectivity index (χ0) is 22.4. The molecule has 11 heteroatoms. The first kappa shape index (κ1) is 23.5. The molecule has 1 fully saturated rings. The van der Waals surface area contributed by atoms with Gasteiger partial charge in [-0.05, 0) is 12.1 Å². The number of nitrogens with one attached hydrogen (secondary N) is 1.